The van der Waals surface area contributed by atoms with E-state index in [2.05, 4.69) is 15.4 Å². The zero-order valence-corrected chi connectivity index (χ0v) is 19.2. The van der Waals surface area contributed by atoms with E-state index in [9.17, 15) is 13.2 Å². The summed E-state index contributed by atoms with van der Waals surface area (Å²) in [7, 11) is -3.74. The highest BCUT2D eigenvalue weighted by molar-refractivity contribution is 7.92. The molecule has 3 aromatic rings. The maximum Gasteiger partial charge on any atom is 0.261 e. The predicted molar refractivity (Wildman–Crippen MR) is 128 cm³/mol. The van der Waals surface area contributed by atoms with E-state index in [1.165, 1.54) is 18.2 Å². The molecular weight excluding hydrogens is 454 g/mol. The molecule has 0 aliphatic heterocycles. The Morgan fingerprint density at radius 2 is 1.55 bits per heavy atom. The van der Waals surface area contributed by atoms with Gasteiger partial charge in [0.2, 0.25) is 0 Å². The molecule has 0 spiro atoms. The highest BCUT2D eigenvalue weighted by Crippen LogP contribution is 2.20. The minimum absolute atomic E-state index is 0.0777. The third-order valence-electron chi connectivity index (χ3n) is 4.21. The minimum atomic E-state index is -3.74. The Morgan fingerprint density at radius 3 is 2.16 bits per heavy atom. The van der Waals surface area contributed by atoms with Gasteiger partial charge in [-0.1, -0.05) is 23.7 Å². The van der Waals surface area contributed by atoms with Crippen LogP contribution in [0.1, 0.15) is 21.5 Å². The van der Waals surface area contributed by atoms with E-state index >= 15 is 0 Å². The van der Waals surface area contributed by atoms with Gasteiger partial charge in [-0.25, -0.2) is 8.42 Å². The average molecular weight is 474 g/mol. The molecule has 0 saturated carbocycles. The van der Waals surface area contributed by atoms with Crippen molar-refractivity contribution in [2.24, 2.45) is 0 Å². The lowest BCUT2D eigenvalue weighted by molar-refractivity contribution is 0.0977. The number of hydrogen-bond acceptors (Lipinski definition) is 4. The first-order chi connectivity index (χ1) is 14.6. The first-order valence-corrected chi connectivity index (χ1v) is 11.5. The monoisotopic (exact) mass is 473 g/mol. The van der Waals surface area contributed by atoms with Crippen LogP contribution in [0.15, 0.2) is 71.6 Å². The van der Waals surface area contributed by atoms with Crippen molar-refractivity contribution in [3.8, 4) is 0 Å². The number of thiocarbonyl (C=S) groups is 1. The maximum atomic E-state index is 12.7. The van der Waals surface area contributed by atoms with E-state index in [0.29, 0.717) is 22.0 Å². The Hall–Kier alpha value is -2.94. The zero-order chi connectivity index (χ0) is 22.6. The van der Waals surface area contributed by atoms with Crippen LogP contribution in [0.25, 0.3) is 0 Å². The average Bonchev–Trinajstić information content (AvgIpc) is 2.67. The van der Waals surface area contributed by atoms with E-state index in [1.807, 2.05) is 19.9 Å². The summed E-state index contributed by atoms with van der Waals surface area (Å²) in [6.45, 7) is 3.80. The Kier molecular flexibility index (Phi) is 6.94. The van der Waals surface area contributed by atoms with Gasteiger partial charge < -0.3 is 5.32 Å². The van der Waals surface area contributed by atoms with Gasteiger partial charge >= 0.3 is 0 Å². The molecule has 0 bridgehead atoms. The lowest BCUT2D eigenvalue weighted by atomic mass is 10.1. The van der Waals surface area contributed by atoms with Gasteiger partial charge in [0.05, 0.1) is 4.90 Å². The van der Waals surface area contributed by atoms with Gasteiger partial charge in [0.15, 0.2) is 5.11 Å². The van der Waals surface area contributed by atoms with Crippen LogP contribution in [-0.2, 0) is 10.0 Å². The second-order valence-corrected chi connectivity index (χ2v) is 9.45. The molecule has 0 saturated heterocycles. The number of carbonyl (C=O) groups is 1. The molecule has 0 fully saturated rings. The summed E-state index contributed by atoms with van der Waals surface area (Å²) in [5.41, 5.74) is 3.33. The summed E-state index contributed by atoms with van der Waals surface area (Å²) in [5.74, 6) is -0.406. The molecule has 3 rings (SSSR count). The molecule has 0 radical (unpaired) electrons. The van der Waals surface area contributed by atoms with Crippen LogP contribution in [0.3, 0.4) is 0 Å². The Bertz CT molecular complexity index is 1220. The normalized spacial score (nSPS) is 10.9. The molecule has 160 valence electrons. The molecular formula is C22H20ClN3O3S2. The molecule has 0 aliphatic rings. The number of benzene rings is 3. The molecule has 3 aromatic carbocycles. The summed E-state index contributed by atoms with van der Waals surface area (Å²) in [6.07, 6.45) is 0. The van der Waals surface area contributed by atoms with Crippen molar-refractivity contribution >= 4 is 56.2 Å². The fraction of sp³-hybridized carbons (Fsp3) is 0.0909. The number of anilines is 2. The molecule has 6 nitrogen and oxygen atoms in total. The number of nitrogens with one attached hydrogen (secondary N) is 3. The Labute approximate surface area is 191 Å². The molecule has 0 aromatic heterocycles. The summed E-state index contributed by atoms with van der Waals surface area (Å²) in [6, 6.07) is 18.0. The van der Waals surface area contributed by atoms with Crippen LogP contribution in [0, 0.1) is 13.8 Å². The van der Waals surface area contributed by atoms with E-state index in [-0.39, 0.29) is 10.0 Å². The summed E-state index contributed by atoms with van der Waals surface area (Å²) >= 11 is 11.0. The highest BCUT2D eigenvalue weighted by Gasteiger charge is 2.15. The third-order valence-corrected chi connectivity index (χ3v) is 6.05. The fourth-order valence-electron chi connectivity index (χ4n) is 2.93. The molecule has 0 unspecified atom stereocenters. The fourth-order valence-corrected chi connectivity index (χ4v) is 4.37. The SMILES string of the molecule is Cc1cc(C)cc(NS(=O)(=O)c2ccc(NC(=S)NC(=O)c3cccc(Cl)c3)cc2)c1. The Balaban J connectivity index is 1.65. The number of amides is 1. The predicted octanol–water partition coefficient (Wildman–Crippen LogP) is 4.88. The van der Waals surface area contributed by atoms with Crippen LogP contribution in [0.2, 0.25) is 5.02 Å². The molecule has 0 aliphatic carbocycles. The highest BCUT2D eigenvalue weighted by atomic mass is 35.5. The lowest BCUT2D eigenvalue weighted by Crippen LogP contribution is -2.34. The molecule has 0 atom stereocenters. The lowest BCUT2D eigenvalue weighted by Gasteiger charge is -2.12. The van der Waals surface area contributed by atoms with Gasteiger partial charge in [-0.3, -0.25) is 14.8 Å². The number of halogens is 1. The second-order valence-electron chi connectivity index (χ2n) is 6.92. The maximum absolute atomic E-state index is 12.7. The van der Waals surface area contributed by atoms with Crippen LogP contribution < -0.4 is 15.4 Å². The number of sulfonamides is 1. The van der Waals surface area contributed by atoms with Crippen molar-refractivity contribution in [1.29, 1.82) is 0 Å². The van der Waals surface area contributed by atoms with Crippen LogP contribution in [0.5, 0.6) is 0 Å². The summed E-state index contributed by atoms with van der Waals surface area (Å²) < 4.78 is 27.9. The molecule has 31 heavy (non-hydrogen) atoms. The zero-order valence-electron chi connectivity index (χ0n) is 16.8. The van der Waals surface area contributed by atoms with Gasteiger partial charge in [0, 0.05) is 22.0 Å². The third kappa shape index (κ3) is 6.27. The van der Waals surface area contributed by atoms with Crippen molar-refractivity contribution in [2.75, 3.05) is 10.0 Å². The van der Waals surface area contributed by atoms with Crippen molar-refractivity contribution in [3.05, 3.63) is 88.4 Å². The Morgan fingerprint density at radius 1 is 0.903 bits per heavy atom. The van der Waals surface area contributed by atoms with Crippen LogP contribution in [0.4, 0.5) is 11.4 Å². The van der Waals surface area contributed by atoms with Crippen molar-refractivity contribution in [3.63, 3.8) is 0 Å². The first-order valence-electron chi connectivity index (χ1n) is 9.21. The van der Waals surface area contributed by atoms with E-state index in [4.69, 9.17) is 23.8 Å². The van der Waals surface area contributed by atoms with Gasteiger partial charge in [-0.05, 0) is 91.8 Å². The largest absolute Gasteiger partial charge is 0.332 e. The standard InChI is InChI=1S/C22H20ClN3O3S2/c1-14-10-15(2)12-19(11-14)26-31(28,29)20-8-6-18(7-9-20)24-22(30)25-21(27)16-4-3-5-17(23)13-16/h3-13,26H,1-2H3,(H2,24,25,27,30). The minimum Gasteiger partial charge on any atom is -0.332 e. The van der Waals surface area contributed by atoms with Crippen LogP contribution >= 0.6 is 23.8 Å². The number of hydrogen-bond donors (Lipinski definition) is 3. The smallest absolute Gasteiger partial charge is 0.261 e. The van der Waals surface area contributed by atoms with Crippen molar-refractivity contribution in [2.45, 2.75) is 18.7 Å². The number of rotatable bonds is 5. The van der Waals surface area contributed by atoms with Gasteiger partial charge in [-0.2, -0.15) is 0 Å². The number of aryl methyl sites for hydroxylation is 2. The van der Waals surface area contributed by atoms with Crippen molar-refractivity contribution in [1.82, 2.24) is 5.32 Å². The van der Waals surface area contributed by atoms with E-state index < -0.39 is 15.9 Å². The molecule has 3 N–H and O–H groups in total. The van der Waals surface area contributed by atoms with Crippen molar-refractivity contribution < 1.29 is 13.2 Å². The first kappa shape index (κ1) is 22.7. The quantitative estimate of drug-likeness (QED) is 0.459. The summed E-state index contributed by atoms with van der Waals surface area (Å²) in [5, 5.41) is 5.92. The summed E-state index contributed by atoms with van der Waals surface area (Å²) in [4.78, 5) is 12.3. The van der Waals surface area contributed by atoms with E-state index in [0.717, 1.165) is 11.1 Å². The van der Waals surface area contributed by atoms with Gasteiger partial charge in [-0.15, -0.1) is 0 Å². The van der Waals surface area contributed by atoms with Gasteiger partial charge in [0.25, 0.3) is 15.9 Å². The molecule has 9 heteroatoms. The van der Waals surface area contributed by atoms with Gasteiger partial charge in [0.1, 0.15) is 0 Å². The topological polar surface area (TPSA) is 87.3 Å². The van der Waals surface area contributed by atoms with E-state index in [1.54, 1.807) is 42.5 Å². The van der Waals surface area contributed by atoms with Crippen LogP contribution in [-0.4, -0.2) is 19.4 Å². The molecule has 0 heterocycles. The second kappa shape index (κ2) is 9.47. The molecule has 1 amide bonds. The number of carbonyl (C=O) groups excluding carboxylic acids is 1.